The quantitative estimate of drug-likeness (QED) is 0.836. The normalized spacial score (nSPS) is 26.8. The third-order valence-electron chi connectivity index (χ3n) is 3.92. The summed E-state index contributed by atoms with van der Waals surface area (Å²) in [5, 5.41) is 1.23. The van der Waals surface area contributed by atoms with Crippen LogP contribution in [0.4, 0.5) is 5.69 Å². The molecule has 5 heteroatoms. The zero-order valence-corrected chi connectivity index (χ0v) is 12.1. The standard InChI is InChI=1S/C15H17NO3S/c1-11-8-13-4-2-3-5-14(13)16(11)15(17)9-12-6-7-20(18,19)10-12/h2-7,11-12H,8-10H2,1H3/t11-,12-/m1/s1. The Labute approximate surface area is 119 Å². The van der Waals surface area contributed by atoms with Crippen LogP contribution in [-0.2, 0) is 21.1 Å². The smallest absolute Gasteiger partial charge is 0.227 e. The van der Waals surface area contributed by atoms with E-state index < -0.39 is 9.84 Å². The number of anilines is 1. The fourth-order valence-corrected chi connectivity index (χ4v) is 4.43. The van der Waals surface area contributed by atoms with Gasteiger partial charge in [-0.2, -0.15) is 0 Å². The lowest BCUT2D eigenvalue weighted by Crippen LogP contribution is -2.36. The minimum Gasteiger partial charge on any atom is -0.309 e. The minimum atomic E-state index is -3.09. The number of sulfone groups is 1. The number of para-hydroxylation sites is 1. The molecule has 2 heterocycles. The fourth-order valence-electron chi connectivity index (χ4n) is 3.04. The molecule has 0 saturated heterocycles. The highest BCUT2D eigenvalue weighted by Gasteiger charge is 2.33. The van der Waals surface area contributed by atoms with Gasteiger partial charge >= 0.3 is 0 Å². The lowest BCUT2D eigenvalue weighted by atomic mass is 10.1. The maximum atomic E-state index is 12.5. The molecule has 0 aliphatic carbocycles. The summed E-state index contributed by atoms with van der Waals surface area (Å²) in [4.78, 5) is 14.3. The maximum Gasteiger partial charge on any atom is 0.227 e. The van der Waals surface area contributed by atoms with E-state index in [0.717, 1.165) is 12.1 Å². The van der Waals surface area contributed by atoms with E-state index in [1.54, 1.807) is 6.08 Å². The predicted octanol–water partition coefficient (Wildman–Crippen LogP) is 1.91. The number of benzene rings is 1. The minimum absolute atomic E-state index is 0.00852. The molecule has 0 unspecified atom stereocenters. The second-order valence-corrected chi connectivity index (χ2v) is 7.50. The van der Waals surface area contributed by atoms with Gasteiger partial charge in [0.05, 0.1) is 5.75 Å². The van der Waals surface area contributed by atoms with Crippen molar-refractivity contribution in [2.24, 2.45) is 5.92 Å². The van der Waals surface area contributed by atoms with Crippen molar-refractivity contribution in [1.82, 2.24) is 0 Å². The Morgan fingerprint density at radius 3 is 2.80 bits per heavy atom. The molecular formula is C15H17NO3S. The molecule has 0 spiro atoms. The van der Waals surface area contributed by atoms with Crippen molar-refractivity contribution in [3.63, 3.8) is 0 Å². The molecule has 0 bridgehead atoms. The van der Waals surface area contributed by atoms with Crippen LogP contribution in [0.3, 0.4) is 0 Å². The summed E-state index contributed by atoms with van der Waals surface area (Å²) in [6, 6.07) is 8.04. The van der Waals surface area contributed by atoms with Crippen LogP contribution >= 0.6 is 0 Å². The number of allylic oxidation sites excluding steroid dienone is 1. The zero-order chi connectivity index (χ0) is 14.3. The molecule has 2 aliphatic rings. The van der Waals surface area contributed by atoms with E-state index in [4.69, 9.17) is 0 Å². The van der Waals surface area contributed by atoms with Crippen LogP contribution in [0.1, 0.15) is 18.9 Å². The van der Waals surface area contributed by atoms with Crippen LogP contribution < -0.4 is 4.90 Å². The highest BCUT2D eigenvalue weighted by Crippen LogP contribution is 2.33. The van der Waals surface area contributed by atoms with Crippen LogP contribution in [0.2, 0.25) is 0 Å². The highest BCUT2D eigenvalue weighted by molar-refractivity contribution is 7.94. The molecule has 0 saturated carbocycles. The van der Waals surface area contributed by atoms with Crippen molar-refractivity contribution in [3.8, 4) is 0 Å². The van der Waals surface area contributed by atoms with Crippen LogP contribution in [-0.4, -0.2) is 26.1 Å². The number of carbonyl (C=O) groups is 1. The van der Waals surface area contributed by atoms with Gasteiger partial charge in [-0.3, -0.25) is 4.79 Å². The number of carbonyl (C=O) groups excluding carboxylic acids is 1. The Bertz CT molecular complexity index is 678. The van der Waals surface area contributed by atoms with Gasteiger partial charge < -0.3 is 4.90 Å². The maximum absolute atomic E-state index is 12.5. The second-order valence-electron chi connectivity index (χ2n) is 5.57. The number of rotatable bonds is 2. The lowest BCUT2D eigenvalue weighted by molar-refractivity contribution is -0.119. The Kier molecular flexibility index (Phi) is 3.17. The molecule has 3 rings (SSSR count). The third-order valence-corrected chi connectivity index (χ3v) is 5.38. The summed E-state index contributed by atoms with van der Waals surface area (Å²) in [7, 11) is -3.09. The van der Waals surface area contributed by atoms with E-state index in [9.17, 15) is 13.2 Å². The molecule has 0 N–H and O–H groups in total. The first-order chi connectivity index (χ1) is 9.46. The van der Waals surface area contributed by atoms with Crippen LogP contribution in [0.5, 0.6) is 0 Å². The van der Waals surface area contributed by atoms with Crippen molar-refractivity contribution >= 4 is 21.4 Å². The van der Waals surface area contributed by atoms with E-state index in [2.05, 4.69) is 0 Å². The van der Waals surface area contributed by atoms with E-state index >= 15 is 0 Å². The molecule has 0 radical (unpaired) electrons. The Hall–Kier alpha value is -1.62. The van der Waals surface area contributed by atoms with Gasteiger partial charge in [0.15, 0.2) is 9.84 Å². The van der Waals surface area contributed by atoms with Gasteiger partial charge in [0.25, 0.3) is 0 Å². The molecule has 106 valence electrons. The number of nitrogens with zero attached hydrogens (tertiary/aromatic N) is 1. The monoisotopic (exact) mass is 291 g/mol. The molecule has 0 aromatic heterocycles. The van der Waals surface area contributed by atoms with Crippen molar-refractivity contribution in [3.05, 3.63) is 41.3 Å². The average molecular weight is 291 g/mol. The Morgan fingerprint density at radius 1 is 1.35 bits per heavy atom. The molecular weight excluding hydrogens is 274 g/mol. The third kappa shape index (κ3) is 2.38. The second kappa shape index (κ2) is 4.74. The van der Waals surface area contributed by atoms with Crippen molar-refractivity contribution in [2.45, 2.75) is 25.8 Å². The first-order valence-electron chi connectivity index (χ1n) is 6.77. The molecule has 1 amide bonds. The average Bonchev–Trinajstić information content (AvgIpc) is 2.88. The highest BCUT2D eigenvalue weighted by atomic mass is 32.2. The first kappa shape index (κ1) is 13.4. The molecule has 1 aromatic carbocycles. The van der Waals surface area contributed by atoms with E-state index in [0.29, 0.717) is 0 Å². The Morgan fingerprint density at radius 2 is 2.10 bits per heavy atom. The van der Waals surface area contributed by atoms with Gasteiger partial charge in [-0.25, -0.2) is 8.42 Å². The molecule has 1 aromatic rings. The molecule has 0 fully saturated rings. The van der Waals surface area contributed by atoms with Crippen LogP contribution in [0.25, 0.3) is 0 Å². The summed E-state index contributed by atoms with van der Waals surface area (Å²) in [6.07, 6.45) is 2.76. The Balaban J connectivity index is 1.77. The van der Waals surface area contributed by atoms with E-state index in [1.807, 2.05) is 36.1 Å². The molecule has 2 atom stereocenters. The fraction of sp³-hybridized carbons (Fsp3) is 0.400. The van der Waals surface area contributed by atoms with Gasteiger partial charge in [-0.15, -0.1) is 0 Å². The molecule has 4 nitrogen and oxygen atoms in total. The SMILES string of the molecule is C[C@@H]1Cc2ccccc2N1C(=O)C[C@H]1C=CS(=O)(=O)C1. The summed E-state index contributed by atoms with van der Waals surface area (Å²) >= 11 is 0. The molecule has 2 aliphatic heterocycles. The van der Waals surface area contributed by atoms with Crippen molar-refractivity contribution in [2.75, 3.05) is 10.7 Å². The summed E-state index contributed by atoms with van der Waals surface area (Å²) < 4.78 is 22.8. The largest absolute Gasteiger partial charge is 0.309 e. The van der Waals surface area contributed by atoms with Gasteiger partial charge in [-0.05, 0) is 25.0 Å². The van der Waals surface area contributed by atoms with Crippen LogP contribution in [0.15, 0.2) is 35.7 Å². The number of hydrogen-bond donors (Lipinski definition) is 0. The van der Waals surface area contributed by atoms with Crippen molar-refractivity contribution in [1.29, 1.82) is 0 Å². The number of hydrogen-bond acceptors (Lipinski definition) is 3. The number of fused-ring (bicyclic) bond motifs is 1. The van der Waals surface area contributed by atoms with Gasteiger partial charge in [0.1, 0.15) is 0 Å². The first-order valence-corrected chi connectivity index (χ1v) is 8.49. The van der Waals surface area contributed by atoms with Gasteiger partial charge in [0.2, 0.25) is 5.91 Å². The summed E-state index contributed by atoms with van der Waals surface area (Å²) in [5.74, 6) is -0.121. The summed E-state index contributed by atoms with van der Waals surface area (Å²) in [6.45, 7) is 2.03. The zero-order valence-electron chi connectivity index (χ0n) is 11.3. The topological polar surface area (TPSA) is 54.5 Å². The van der Waals surface area contributed by atoms with Gasteiger partial charge in [-0.1, -0.05) is 24.3 Å². The van der Waals surface area contributed by atoms with E-state index in [1.165, 1.54) is 11.0 Å². The van der Waals surface area contributed by atoms with E-state index in [-0.39, 0.29) is 30.0 Å². The van der Waals surface area contributed by atoms with Gasteiger partial charge in [0, 0.05) is 29.5 Å². The predicted molar refractivity (Wildman–Crippen MR) is 78.1 cm³/mol. The van der Waals surface area contributed by atoms with Crippen LogP contribution in [0, 0.1) is 5.92 Å². The molecule has 20 heavy (non-hydrogen) atoms. The van der Waals surface area contributed by atoms with Crippen molar-refractivity contribution < 1.29 is 13.2 Å². The lowest BCUT2D eigenvalue weighted by Gasteiger charge is -2.23. The summed E-state index contributed by atoms with van der Waals surface area (Å²) in [5.41, 5.74) is 2.15. The number of amides is 1.